The van der Waals surface area contributed by atoms with Crippen LogP contribution in [-0.4, -0.2) is 15.8 Å². The van der Waals surface area contributed by atoms with Crippen molar-refractivity contribution in [3.05, 3.63) is 102 Å². The molecule has 1 aliphatic carbocycles. The molecular weight excluding hydrogens is 366 g/mol. The summed E-state index contributed by atoms with van der Waals surface area (Å²) >= 11 is 6.01. The second kappa shape index (κ2) is 5.56. The topological polar surface area (TPSA) is 94.8 Å². The van der Waals surface area contributed by atoms with Crippen molar-refractivity contribution in [2.24, 2.45) is 0 Å². The van der Waals surface area contributed by atoms with Crippen molar-refractivity contribution >= 4 is 28.9 Å². The van der Waals surface area contributed by atoms with E-state index in [1.54, 1.807) is 36.4 Å². The van der Waals surface area contributed by atoms with Gasteiger partial charge >= 0.3 is 5.69 Å². The minimum Gasteiger partial charge on any atom is -0.340 e. The van der Waals surface area contributed by atoms with Crippen molar-refractivity contribution in [3.8, 4) is 0 Å². The molecule has 0 radical (unpaired) electrons. The quantitative estimate of drug-likeness (QED) is 0.607. The Morgan fingerprint density at radius 2 is 1.56 bits per heavy atom. The van der Waals surface area contributed by atoms with E-state index in [4.69, 9.17) is 11.6 Å². The first-order chi connectivity index (χ1) is 13.0. The molecule has 1 aromatic heterocycles. The van der Waals surface area contributed by atoms with E-state index in [-0.39, 0.29) is 5.78 Å². The molecule has 6 nitrogen and oxygen atoms in total. The lowest BCUT2D eigenvalue weighted by Gasteiger charge is -2.27. The van der Waals surface area contributed by atoms with Crippen LogP contribution < -0.4 is 16.6 Å². The molecule has 132 valence electrons. The third-order valence-corrected chi connectivity index (χ3v) is 5.22. The molecule has 0 spiro atoms. The molecule has 0 fully saturated rings. The first kappa shape index (κ1) is 15.8. The second-order valence-corrected chi connectivity index (χ2v) is 6.91. The SMILES string of the molecule is O=C1C2=C(Nc3[nH]c(=O)[nH]c(=O)c3[C@H]2c2ccc(Cl)cc2)c2ccccc21. The fourth-order valence-electron chi connectivity index (χ4n) is 3.84. The van der Waals surface area contributed by atoms with E-state index in [1.165, 1.54) is 0 Å². The smallest absolute Gasteiger partial charge is 0.327 e. The van der Waals surface area contributed by atoms with Gasteiger partial charge in [-0.3, -0.25) is 19.6 Å². The Hall–Kier alpha value is -3.38. The third-order valence-electron chi connectivity index (χ3n) is 4.97. The van der Waals surface area contributed by atoms with Gasteiger partial charge in [0.05, 0.1) is 11.3 Å². The highest BCUT2D eigenvalue weighted by Crippen LogP contribution is 2.47. The van der Waals surface area contributed by atoms with Crippen LogP contribution in [0.25, 0.3) is 5.70 Å². The van der Waals surface area contributed by atoms with Crippen LogP contribution in [0.1, 0.15) is 33.0 Å². The standard InChI is InChI=1S/C20H12ClN3O3/c21-10-7-5-9(6-8-10)13-14-16(11-3-1-2-4-12(11)17(14)25)22-18-15(13)19(26)24-20(27)23-18/h1-8,13H,(H3,22,23,24,26,27)/t13-/m0/s1. The summed E-state index contributed by atoms with van der Waals surface area (Å²) in [6, 6.07) is 14.2. The molecule has 3 aromatic rings. The van der Waals surface area contributed by atoms with Gasteiger partial charge in [0.2, 0.25) is 0 Å². The van der Waals surface area contributed by atoms with Gasteiger partial charge in [0.1, 0.15) is 5.82 Å². The maximum absolute atomic E-state index is 13.2. The Morgan fingerprint density at radius 1 is 0.852 bits per heavy atom. The number of H-pyrrole nitrogens is 2. The first-order valence-electron chi connectivity index (χ1n) is 8.32. The largest absolute Gasteiger partial charge is 0.340 e. The van der Waals surface area contributed by atoms with Crippen molar-refractivity contribution in [2.75, 3.05) is 5.32 Å². The van der Waals surface area contributed by atoms with E-state index in [0.29, 0.717) is 33.2 Å². The number of ketones is 1. The zero-order valence-corrected chi connectivity index (χ0v) is 14.6. The Morgan fingerprint density at radius 3 is 2.30 bits per heavy atom. The minimum atomic E-state index is -0.617. The summed E-state index contributed by atoms with van der Waals surface area (Å²) in [5.41, 5.74) is 2.33. The van der Waals surface area contributed by atoms with Gasteiger partial charge in [-0.05, 0) is 17.7 Å². The number of aromatic amines is 2. The van der Waals surface area contributed by atoms with Crippen LogP contribution >= 0.6 is 11.6 Å². The number of aromatic nitrogens is 2. The number of hydrogen-bond donors (Lipinski definition) is 3. The number of allylic oxidation sites excluding steroid dienone is 1. The molecule has 2 aromatic carbocycles. The first-order valence-corrected chi connectivity index (χ1v) is 8.69. The summed E-state index contributed by atoms with van der Waals surface area (Å²) in [7, 11) is 0. The maximum Gasteiger partial charge on any atom is 0.327 e. The van der Waals surface area contributed by atoms with Crippen LogP contribution in [0.15, 0.2) is 63.7 Å². The van der Waals surface area contributed by atoms with Crippen LogP contribution in [-0.2, 0) is 0 Å². The van der Waals surface area contributed by atoms with Crippen molar-refractivity contribution < 1.29 is 4.79 Å². The summed E-state index contributed by atoms with van der Waals surface area (Å²) in [6.07, 6.45) is 0. The number of fused-ring (bicyclic) bond motifs is 3. The average molecular weight is 378 g/mol. The molecule has 27 heavy (non-hydrogen) atoms. The van der Waals surface area contributed by atoms with E-state index < -0.39 is 17.2 Å². The fraction of sp³-hybridized carbons (Fsp3) is 0.0500. The molecule has 1 aliphatic heterocycles. The highest BCUT2D eigenvalue weighted by atomic mass is 35.5. The predicted molar refractivity (Wildman–Crippen MR) is 102 cm³/mol. The molecule has 2 aliphatic rings. The molecule has 0 amide bonds. The Kier molecular flexibility index (Phi) is 3.26. The van der Waals surface area contributed by atoms with Crippen LogP contribution in [0.4, 0.5) is 5.82 Å². The number of carbonyl (C=O) groups excluding carboxylic acids is 1. The Bertz CT molecular complexity index is 1270. The van der Waals surface area contributed by atoms with Gasteiger partial charge < -0.3 is 5.32 Å². The van der Waals surface area contributed by atoms with Gasteiger partial charge in [-0.25, -0.2) is 4.79 Å². The minimum absolute atomic E-state index is 0.135. The number of Topliss-reactive ketones (excluding diaryl/α,β-unsaturated/α-hetero) is 1. The zero-order chi connectivity index (χ0) is 18.7. The number of rotatable bonds is 1. The molecule has 2 heterocycles. The fourth-order valence-corrected chi connectivity index (χ4v) is 3.97. The van der Waals surface area contributed by atoms with Gasteiger partial charge in [0.25, 0.3) is 5.56 Å². The monoisotopic (exact) mass is 377 g/mol. The van der Waals surface area contributed by atoms with Crippen LogP contribution in [0.2, 0.25) is 5.02 Å². The molecule has 3 N–H and O–H groups in total. The summed E-state index contributed by atoms with van der Waals surface area (Å²) < 4.78 is 0. The van der Waals surface area contributed by atoms with Gasteiger partial charge in [-0.15, -0.1) is 0 Å². The summed E-state index contributed by atoms with van der Waals surface area (Å²) in [4.78, 5) is 42.5. The van der Waals surface area contributed by atoms with Crippen molar-refractivity contribution in [1.82, 2.24) is 9.97 Å². The number of hydrogen-bond acceptors (Lipinski definition) is 4. The highest BCUT2D eigenvalue weighted by Gasteiger charge is 2.41. The van der Waals surface area contributed by atoms with Gasteiger partial charge in [-0.1, -0.05) is 48.0 Å². The Labute approximate surface area is 157 Å². The molecule has 0 unspecified atom stereocenters. The van der Waals surface area contributed by atoms with Gasteiger partial charge in [0, 0.05) is 27.6 Å². The maximum atomic E-state index is 13.2. The normalized spacial score (nSPS) is 17.2. The van der Waals surface area contributed by atoms with Crippen LogP contribution in [0.3, 0.4) is 0 Å². The van der Waals surface area contributed by atoms with E-state index in [2.05, 4.69) is 15.3 Å². The lowest BCUT2D eigenvalue weighted by atomic mass is 9.82. The van der Waals surface area contributed by atoms with Crippen molar-refractivity contribution in [2.45, 2.75) is 5.92 Å². The Balaban J connectivity index is 1.84. The summed E-state index contributed by atoms with van der Waals surface area (Å²) in [5.74, 6) is -0.453. The molecule has 5 rings (SSSR count). The number of halogens is 1. The van der Waals surface area contributed by atoms with E-state index in [1.807, 2.05) is 12.1 Å². The predicted octanol–water partition coefficient (Wildman–Crippen LogP) is 2.88. The van der Waals surface area contributed by atoms with Gasteiger partial charge in [0.15, 0.2) is 5.78 Å². The molecule has 7 heteroatoms. The van der Waals surface area contributed by atoms with Crippen molar-refractivity contribution in [3.63, 3.8) is 0 Å². The highest BCUT2D eigenvalue weighted by molar-refractivity contribution is 6.30. The molecule has 1 atom stereocenters. The summed E-state index contributed by atoms with van der Waals surface area (Å²) in [5, 5.41) is 3.65. The summed E-state index contributed by atoms with van der Waals surface area (Å²) in [6.45, 7) is 0. The van der Waals surface area contributed by atoms with Crippen LogP contribution in [0, 0.1) is 0 Å². The van der Waals surface area contributed by atoms with E-state index >= 15 is 0 Å². The number of nitrogens with one attached hydrogen (secondary N) is 3. The van der Waals surface area contributed by atoms with E-state index in [9.17, 15) is 14.4 Å². The number of anilines is 1. The van der Waals surface area contributed by atoms with Crippen LogP contribution in [0.5, 0.6) is 0 Å². The third kappa shape index (κ3) is 2.23. The lowest BCUT2D eigenvalue weighted by Crippen LogP contribution is -2.33. The van der Waals surface area contributed by atoms with Crippen molar-refractivity contribution in [1.29, 1.82) is 0 Å². The molecule has 0 saturated heterocycles. The zero-order valence-electron chi connectivity index (χ0n) is 13.8. The van der Waals surface area contributed by atoms with E-state index in [0.717, 1.165) is 11.1 Å². The number of benzene rings is 2. The molecular formula is C20H12ClN3O3. The number of carbonyl (C=O) groups is 1. The molecule has 0 saturated carbocycles. The van der Waals surface area contributed by atoms with Gasteiger partial charge in [-0.2, -0.15) is 0 Å². The molecule has 0 bridgehead atoms. The average Bonchev–Trinajstić information content (AvgIpc) is 2.93. The second-order valence-electron chi connectivity index (χ2n) is 6.47. The lowest BCUT2D eigenvalue weighted by molar-refractivity contribution is 0.103.